The molecule has 0 atom stereocenters. The Hall–Kier alpha value is -5.14. The molecular formula is C32H16N8Zn. The molecule has 0 aliphatic carbocycles. The van der Waals surface area contributed by atoms with E-state index >= 15 is 0 Å². The summed E-state index contributed by atoms with van der Waals surface area (Å²) in [6, 6.07) is 28.1. The SMILES string of the molecule is [Zn+2].c1ccc2c(c1)-c1cc3[n-]c(nc4nc(nc5[n-]c(nc-2n1)c1cnccc51)-c1ccccc1-4)c1ccccc31. The number of hydrogen-bond donors (Lipinski definition) is 0. The number of rotatable bonds is 0. The first-order valence-electron chi connectivity index (χ1n) is 12.9. The van der Waals surface area contributed by atoms with Crippen LogP contribution in [0.5, 0.6) is 0 Å². The van der Waals surface area contributed by atoms with Gasteiger partial charge in [0.25, 0.3) is 0 Å². The number of nitrogens with zero attached hydrogens (tertiary/aromatic N) is 8. The van der Waals surface area contributed by atoms with Gasteiger partial charge in [0.1, 0.15) is 0 Å². The zero-order chi connectivity index (χ0) is 26.2. The molecule has 0 N–H and O–H groups in total. The van der Waals surface area contributed by atoms with Crippen LogP contribution in [0.15, 0.2) is 97.3 Å². The molecule has 9 rings (SSSR count). The van der Waals surface area contributed by atoms with Crippen molar-refractivity contribution in [3.05, 3.63) is 97.3 Å². The Bertz CT molecular complexity index is 2030. The van der Waals surface area contributed by atoms with Gasteiger partial charge in [0.2, 0.25) is 0 Å². The van der Waals surface area contributed by atoms with Gasteiger partial charge in [-0.2, -0.15) is 0 Å². The van der Waals surface area contributed by atoms with Gasteiger partial charge in [0, 0.05) is 51.3 Å². The third-order valence-corrected chi connectivity index (χ3v) is 7.38. The second-order valence-electron chi connectivity index (χ2n) is 9.70. The topological polar surface area (TPSA) is 106 Å². The zero-order valence-electron chi connectivity index (χ0n) is 21.5. The molecule has 9 heteroatoms. The fourth-order valence-electron chi connectivity index (χ4n) is 5.52. The summed E-state index contributed by atoms with van der Waals surface area (Å²) in [6.07, 6.45) is 3.50. The van der Waals surface area contributed by atoms with E-state index in [1.807, 2.05) is 72.8 Å². The van der Waals surface area contributed by atoms with Crippen LogP contribution in [0.4, 0.5) is 0 Å². The van der Waals surface area contributed by atoms with Gasteiger partial charge >= 0.3 is 19.5 Å². The molecule has 0 fully saturated rings. The second kappa shape index (κ2) is 8.94. The van der Waals surface area contributed by atoms with Gasteiger partial charge in [-0.15, -0.1) is 0 Å². The van der Waals surface area contributed by atoms with E-state index in [0.717, 1.165) is 55.0 Å². The average molecular weight is 578 g/mol. The molecule has 7 aromatic rings. The minimum Gasteiger partial charge on any atom is -0.435 e. The molecule has 2 aliphatic rings. The predicted molar refractivity (Wildman–Crippen MR) is 154 cm³/mol. The molecule has 0 saturated heterocycles. The van der Waals surface area contributed by atoms with Crippen LogP contribution in [0.2, 0.25) is 0 Å². The van der Waals surface area contributed by atoms with E-state index in [4.69, 9.17) is 34.9 Å². The van der Waals surface area contributed by atoms with E-state index in [1.54, 1.807) is 12.4 Å². The van der Waals surface area contributed by atoms with Crippen LogP contribution in [-0.2, 0) is 19.5 Å². The summed E-state index contributed by atoms with van der Waals surface area (Å²) in [4.78, 5) is 38.9. The fraction of sp³-hybridized carbons (Fsp3) is 0. The molecule has 8 bridgehead atoms. The first-order valence-corrected chi connectivity index (χ1v) is 12.9. The van der Waals surface area contributed by atoms with Crippen molar-refractivity contribution < 1.29 is 19.5 Å². The Labute approximate surface area is 245 Å². The van der Waals surface area contributed by atoms with Crippen molar-refractivity contribution in [1.29, 1.82) is 0 Å². The minimum absolute atomic E-state index is 0. The van der Waals surface area contributed by atoms with Gasteiger partial charge in [0.15, 0.2) is 0 Å². The first kappa shape index (κ1) is 23.7. The largest absolute Gasteiger partial charge is 2.00 e. The van der Waals surface area contributed by atoms with Crippen LogP contribution in [0.1, 0.15) is 0 Å². The summed E-state index contributed by atoms with van der Waals surface area (Å²) in [5, 5.41) is 3.59. The van der Waals surface area contributed by atoms with Crippen molar-refractivity contribution in [1.82, 2.24) is 39.9 Å². The fourth-order valence-corrected chi connectivity index (χ4v) is 5.52. The zero-order valence-corrected chi connectivity index (χ0v) is 24.5. The normalized spacial score (nSPS) is 11.7. The smallest absolute Gasteiger partial charge is 0.435 e. The monoisotopic (exact) mass is 576 g/mol. The van der Waals surface area contributed by atoms with Crippen LogP contribution >= 0.6 is 0 Å². The van der Waals surface area contributed by atoms with Crippen molar-refractivity contribution in [3.63, 3.8) is 0 Å². The minimum atomic E-state index is 0. The molecule has 6 heterocycles. The Morgan fingerprint density at radius 3 is 1.73 bits per heavy atom. The van der Waals surface area contributed by atoms with Crippen molar-refractivity contribution in [2.45, 2.75) is 0 Å². The Kier molecular flexibility index (Phi) is 5.17. The standard InChI is InChI=1S/C32H16N8.Zn/c1-3-9-19-17(7-1)25-15-26-18-8-2-4-10-20(18)28(35-26)37-32-24-16-33-14-13-23(24)31(40-32)39-30-22-12-6-5-11-21(22)29(38-30)36-27(19)34-25;/h1-16H;/q-2;+2. The van der Waals surface area contributed by atoms with Gasteiger partial charge in [0.05, 0.1) is 23.2 Å². The predicted octanol–water partition coefficient (Wildman–Crippen LogP) is 6.12. The number of pyridine rings is 1. The molecule has 4 aromatic heterocycles. The maximum absolute atomic E-state index is 4.98. The maximum Gasteiger partial charge on any atom is 2.00 e. The van der Waals surface area contributed by atoms with Gasteiger partial charge in [-0.1, -0.05) is 72.8 Å². The van der Waals surface area contributed by atoms with E-state index in [2.05, 4.69) is 17.1 Å². The molecule has 0 radical (unpaired) electrons. The summed E-state index contributed by atoms with van der Waals surface area (Å²) in [5.41, 5.74) is 6.95. The molecule has 186 valence electrons. The molecule has 0 amide bonds. The van der Waals surface area contributed by atoms with Crippen LogP contribution in [0, 0.1) is 0 Å². The van der Waals surface area contributed by atoms with Crippen molar-refractivity contribution >= 4 is 44.0 Å². The molecule has 0 saturated carbocycles. The summed E-state index contributed by atoms with van der Waals surface area (Å²) in [6.45, 7) is 0. The average Bonchev–Trinajstić information content (AvgIpc) is 3.73. The molecule has 2 aliphatic heterocycles. The van der Waals surface area contributed by atoms with Crippen LogP contribution in [-0.4, -0.2) is 29.9 Å². The number of aromatic nitrogens is 8. The van der Waals surface area contributed by atoms with Gasteiger partial charge in [-0.25, -0.2) is 9.97 Å². The molecule has 3 aromatic carbocycles. The number of hydrogen-bond acceptors (Lipinski definition) is 6. The van der Waals surface area contributed by atoms with E-state index < -0.39 is 0 Å². The molecule has 0 spiro atoms. The van der Waals surface area contributed by atoms with E-state index in [-0.39, 0.29) is 19.5 Å². The number of benzene rings is 3. The second-order valence-corrected chi connectivity index (χ2v) is 9.70. The van der Waals surface area contributed by atoms with Crippen molar-refractivity contribution in [3.8, 4) is 45.4 Å². The summed E-state index contributed by atoms with van der Waals surface area (Å²) < 4.78 is 0. The van der Waals surface area contributed by atoms with Gasteiger partial charge < -0.3 is 24.9 Å². The van der Waals surface area contributed by atoms with Crippen molar-refractivity contribution in [2.24, 2.45) is 0 Å². The van der Waals surface area contributed by atoms with Crippen LogP contribution in [0.25, 0.3) is 89.4 Å². The quantitative estimate of drug-likeness (QED) is 0.198. The Morgan fingerprint density at radius 2 is 1.00 bits per heavy atom. The van der Waals surface area contributed by atoms with Crippen LogP contribution < -0.4 is 9.97 Å². The van der Waals surface area contributed by atoms with Gasteiger partial charge in [-0.05, 0) is 39.5 Å². The van der Waals surface area contributed by atoms with Crippen LogP contribution in [0.3, 0.4) is 0 Å². The summed E-state index contributed by atoms with van der Waals surface area (Å²) >= 11 is 0. The summed E-state index contributed by atoms with van der Waals surface area (Å²) in [7, 11) is 0. The molecular weight excluding hydrogens is 562 g/mol. The Morgan fingerprint density at radius 1 is 0.463 bits per heavy atom. The van der Waals surface area contributed by atoms with E-state index in [1.165, 1.54) is 0 Å². The van der Waals surface area contributed by atoms with E-state index in [0.29, 0.717) is 34.4 Å². The van der Waals surface area contributed by atoms with Crippen molar-refractivity contribution in [2.75, 3.05) is 0 Å². The maximum atomic E-state index is 4.98. The molecule has 8 nitrogen and oxygen atoms in total. The third kappa shape index (κ3) is 3.56. The van der Waals surface area contributed by atoms with E-state index in [9.17, 15) is 0 Å². The molecule has 41 heavy (non-hydrogen) atoms. The third-order valence-electron chi connectivity index (χ3n) is 7.38. The molecule has 0 unspecified atom stereocenters. The Balaban J connectivity index is 0.00000256. The summed E-state index contributed by atoms with van der Waals surface area (Å²) in [5.74, 6) is 1.70. The van der Waals surface area contributed by atoms with Gasteiger partial charge in [-0.3, -0.25) is 4.98 Å². The number of fused-ring (bicyclic) bond motifs is 20. The first-order chi connectivity index (χ1) is 19.8.